The number of carboxylic acid groups (broad SMARTS) is 1. The zero-order chi connectivity index (χ0) is 14.3. The predicted molar refractivity (Wildman–Crippen MR) is 72.2 cm³/mol. The largest absolute Gasteiger partial charge is 0.481 e. The quantitative estimate of drug-likeness (QED) is 0.854. The predicted octanol–water partition coefficient (Wildman–Crippen LogP) is 1.66. The minimum Gasteiger partial charge on any atom is -0.481 e. The van der Waals surface area contributed by atoms with Gasteiger partial charge in [0.05, 0.1) is 24.0 Å². The summed E-state index contributed by atoms with van der Waals surface area (Å²) in [6.07, 6.45) is 5.37. The van der Waals surface area contributed by atoms with Crippen LogP contribution in [0.4, 0.5) is 0 Å². The molecule has 0 radical (unpaired) electrons. The van der Waals surface area contributed by atoms with Gasteiger partial charge in [0.1, 0.15) is 0 Å². The van der Waals surface area contributed by atoms with E-state index in [2.05, 4.69) is 6.92 Å². The van der Waals surface area contributed by atoms with Crippen molar-refractivity contribution in [3.63, 3.8) is 0 Å². The Bertz CT molecular complexity index is 411. The van der Waals surface area contributed by atoms with Gasteiger partial charge in [0.25, 0.3) is 0 Å². The second kappa shape index (κ2) is 5.35. The Hall–Kier alpha value is -1.10. The Morgan fingerprint density at radius 3 is 2.50 bits per heavy atom. The number of hydrogen-bond donors (Lipinski definition) is 1. The number of rotatable bonds is 3. The van der Waals surface area contributed by atoms with Gasteiger partial charge in [-0.3, -0.25) is 9.59 Å². The van der Waals surface area contributed by atoms with Crippen LogP contribution < -0.4 is 0 Å². The third-order valence-corrected chi connectivity index (χ3v) is 5.23. The van der Waals surface area contributed by atoms with Crippen molar-refractivity contribution in [3.8, 4) is 0 Å². The molecular formula is C15H23NO4. The SMILES string of the molecule is CC[C@@H]1CCCCN1C(=O)[C@H]1[C@@H](C(=O)O)[C@H]2CC[C@@H]1O2. The van der Waals surface area contributed by atoms with Gasteiger partial charge in [-0.2, -0.15) is 0 Å². The smallest absolute Gasteiger partial charge is 0.310 e. The molecule has 3 fully saturated rings. The number of amides is 1. The van der Waals surface area contributed by atoms with Crippen molar-refractivity contribution in [1.82, 2.24) is 4.90 Å². The third-order valence-electron chi connectivity index (χ3n) is 5.23. The van der Waals surface area contributed by atoms with Gasteiger partial charge in [-0.25, -0.2) is 0 Å². The van der Waals surface area contributed by atoms with E-state index in [9.17, 15) is 14.7 Å². The summed E-state index contributed by atoms with van der Waals surface area (Å²) in [6, 6.07) is 0.282. The molecule has 3 saturated heterocycles. The molecule has 0 unspecified atom stereocenters. The van der Waals surface area contributed by atoms with Crippen molar-refractivity contribution >= 4 is 11.9 Å². The van der Waals surface area contributed by atoms with Crippen LogP contribution in [0.1, 0.15) is 45.4 Å². The average Bonchev–Trinajstić information content (AvgIpc) is 3.06. The molecule has 0 aromatic heterocycles. The highest BCUT2D eigenvalue weighted by molar-refractivity contribution is 5.87. The summed E-state index contributed by atoms with van der Waals surface area (Å²) in [5.41, 5.74) is 0. The summed E-state index contributed by atoms with van der Waals surface area (Å²) in [4.78, 5) is 26.3. The number of carboxylic acids is 1. The van der Waals surface area contributed by atoms with E-state index in [-0.39, 0.29) is 24.2 Å². The number of piperidine rings is 1. The Morgan fingerprint density at radius 1 is 1.15 bits per heavy atom. The minimum atomic E-state index is -0.874. The van der Waals surface area contributed by atoms with Gasteiger partial charge in [-0.05, 0) is 38.5 Å². The third kappa shape index (κ3) is 2.12. The summed E-state index contributed by atoms with van der Waals surface area (Å²) in [7, 11) is 0. The van der Waals surface area contributed by atoms with Crippen LogP contribution in [0, 0.1) is 11.8 Å². The van der Waals surface area contributed by atoms with Crippen molar-refractivity contribution in [3.05, 3.63) is 0 Å². The fourth-order valence-electron chi connectivity index (χ4n) is 4.21. The topological polar surface area (TPSA) is 66.8 Å². The highest BCUT2D eigenvalue weighted by Crippen LogP contribution is 2.45. The lowest BCUT2D eigenvalue weighted by Crippen LogP contribution is -2.51. The molecule has 0 spiro atoms. The standard InChI is InChI=1S/C15H23NO4/c1-2-9-5-3-4-8-16(9)14(17)12-10-6-7-11(20-10)13(12)15(18)19/h9-13H,2-8H2,1H3,(H,18,19)/t9-,10+,11-,12-,13+/m1/s1. The molecule has 0 saturated carbocycles. The highest BCUT2D eigenvalue weighted by atomic mass is 16.5. The monoisotopic (exact) mass is 281 g/mol. The van der Waals surface area contributed by atoms with Crippen LogP contribution in [0.3, 0.4) is 0 Å². The van der Waals surface area contributed by atoms with E-state index in [4.69, 9.17) is 4.74 Å². The van der Waals surface area contributed by atoms with E-state index in [1.54, 1.807) is 0 Å². The molecule has 3 aliphatic rings. The number of carbonyl (C=O) groups excluding carboxylic acids is 1. The number of hydrogen-bond acceptors (Lipinski definition) is 3. The summed E-state index contributed by atoms with van der Waals surface area (Å²) in [5.74, 6) is -1.95. The molecule has 112 valence electrons. The van der Waals surface area contributed by atoms with E-state index in [1.807, 2.05) is 4.90 Å². The van der Waals surface area contributed by atoms with Crippen LogP contribution in [0.25, 0.3) is 0 Å². The van der Waals surface area contributed by atoms with Crippen molar-refractivity contribution < 1.29 is 19.4 Å². The number of fused-ring (bicyclic) bond motifs is 2. The molecule has 1 N–H and O–H groups in total. The van der Waals surface area contributed by atoms with Crippen LogP contribution in [0.2, 0.25) is 0 Å². The molecule has 0 aromatic rings. The number of nitrogens with zero attached hydrogens (tertiary/aromatic N) is 1. The van der Waals surface area contributed by atoms with Gasteiger partial charge in [0.15, 0.2) is 0 Å². The molecule has 3 rings (SSSR count). The molecule has 5 nitrogen and oxygen atoms in total. The fourth-order valence-corrected chi connectivity index (χ4v) is 4.21. The van der Waals surface area contributed by atoms with E-state index in [0.717, 1.165) is 45.1 Å². The van der Waals surface area contributed by atoms with Gasteiger partial charge in [0, 0.05) is 12.6 Å². The summed E-state index contributed by atoms with van der Waals surface area (Å²) in [6.45, 7) is 2.87. The van der Waals surface area contributed by atoms with Gasteiger partial charge in [-0.15, -0.1) is 0 Å². The highest BCUT2D eigenvalue weighted by Gasteiger charge is 2.56. The first-order valence-electron chi connectivity index (χ1n) is 7.82. The second-order valence-corrected chi connectivity index (χ2v) is 6.27. The Kier molecular flexibility index (Phi) is 3.71. The first-order chi connectivity index (χ1) is 9.63. The van der Waals surface area contributed by atoms with Gasteiger partial charge < -0.3 is 14.7 Å². The molecular weight excluding hydrogens is 258 g/mol. The summed E-state index contributed by atoms with van der Waals surface area (Å²) < 4.78 is 5.71. The lowest BCUT2D eigenvalue weighted by atomic mass is 9.78. The van der Waals surface area contributed by atoms with E-state index < -0.39 is 17.8 Å². The molecule has 20 heavy (non-hydrogen) atoms. The molecule has 0 aliphatic carbocycles. The van der Waals surface area contributed by atoms with Crippen molar-refractivity contribution in [2.75, 3.05) is 6.54 Å². The van der Waals surface area contributed by atoms with Crippen molar-refractivity contribution in [2.45, 2.75) is 63.7 Å². The number of carbonyl (C=O) groups is 2. The zero-order valence-corrected chi connectivity index (χ0v) is 12.0. The number of ether oxygens (including phenoxy) is 1. The van der Waals surface area contributed by atoms with Crippen LogP contribution in [-0.4, -0.2) is 46.7 Å². The maximum atomic E-state index is 12.9. The lowest BCUT2D eigenvalue weighted by Gasteiger charge is -2.38. The van der Waals surface area contributed by atoms with Crippen molar-refractivity contribution in [1.29, 1.82) is 0 Å². The number of likely N-dealkylation sites (tertiary alicyclic amines) is 1. The van der Waals surface area contributed by atoms with E-state index >= 15 is 0 Å². The fraction of sp³-hybridized carbons (Fsp3) is 0.867. The van der Waals surface area contributed by atoms with Crippen LogP contribution in [0.5, 0.6) is 0 Å². The van der Waals surface area contributed by atoms with Crippen LogP contribution in [0.15, 0.2) is 0 Å². The van der Waals surface area contributed by atoms with E-state index in [1.165, 1.54) is 0 Å². The van der Waals surface area contributed by atoms with Crippen LogP contribution in [-0.2, 0) is 14.3 Å². The van der Waals surface area contributed by atoms with Gasteiger partial charge in [0.2, 0.25) is 5.91 Å². The maximum absolute atomic E-state index is 12.9. The molecule has 3 heterocycles. The molecule has 0 aromatic carbocycles. The Morgan fingerprint density at radius 2 is 1.85 bits per heavy atom. The average molecular weight is 281 g/mol. The second-order valence-electron chi connectivity index (χ2n) is 6.27. The zero-order valence-electron chi connectivity index (χ0n) is 12.0. The maximum Gasteiger partial charge on any atom is 0.310 e. The van der Waals surface area contributed by atoms with Gasteiger partial charge >= 0.3 is 5.97 Å². The normalized spacial score (nSPS) is 40.0. The molecule has 3 aliphatic heterocycles. The van der Waals surface area contributed by atoms with E-state index in [0.29, 0.717) is 0 Å². The first-order valence-corrected chi connectivity index (χ1v) is 7.82. The summed E-state index contributed by atoms with van der Waals surface area (Å²) in [5, 5.41) is 9.43. The molecule has 1 amide bonds. The Labute approximate surface area is 119 Å². The number of aliphatic carboxylic acids is 1. The lowest BCUT2D eigenvalue weighted by molar-refractivity contribution is -0.152. The first kappa shape index (κ1) is 13.9. The summed E-state index contributed by atoms with van der Waals surface area (Å²) >= 11 is 0. The van der Waals surface area contributed by atoms with Crippen molar-refractivity contribution in [2.24, 2.45) is 11.8 Å². The van der Waals surface area contributed by atoms with Crippen LogP contribution >= 0.6 is 0 Å². The minimum absolute atomic E-state index is 0.0242. The molecule has 2 bridgehead atoms. The Balaban J connectivity index is 1.80. The molecule has 5 heteroatoms. The van der Waals surface area contributed by atoms with Gasteiger partial charge in [-0.1, -0.05) is 6.92 Å². The molecule has 5 atom stereocenters.